The van der Waals surface area contributed by atoms with Gasteiger partial charge < -0.3 is 15.6 Å². The number of nitrogens with two attached hydrogens (primary N) is 1. The van der Waals surface area contributed by atoms with Crippen LogP contribution in [0.2, 0.25) is 0 Å². The predicted octanol–water partition coefficient (Wildman–Crippen LogP) is 1.00. The first kappa shape index (κ1) is 13.7. The van der Waals surface area contributed by atoms with Gasteiger partial charge in [-0.3, -0.25) is 4.79 Å². The Bertz CT molecular complexity index is 419. The molecule has 0 aliphatic rings. The summed E-state index contributed by atoms with van der Waals surface area (Å²) in [6.07, 6.45) is 3.35. The van der Waals surface area contributed by atoms with E-state index in [4.69, 9.17) is 5.73 Å². The Labute approximate surface area is 102 Å². The standard InChI is InChI=1S/C12H22N4O/c1-9(7-13)8-15-10-11(17)16(6-5-14-10)12(2,3)4/h5-6,9H,7-8,13H2,1-4H3,(H,14,15). The lowest BCUT2D eigenvalue weighted by atomic mass is 10.1. The molecule has 0 radical (unpaired) electrons. The van der Waals surface area contributed by atoms with Crippen molar-refractivity contribution in [3.63, 3.8) is 0 Å². The van der Waals surface area contributed by atoms with Crippen LogP contribution >= 0.6 is 0 Å². The van der Waals surface area contributed by atoms with Gasteiger partial charge in [0.15, 0.2) is 5.82 Å². The third kappa shape index (κ3) is 3.56. The van der Waals surface area contributed by atoms with Gasteiger partial charge in [0, 0.05) is 24.5 Å². The smallest absolute Gasteiger partial charge is 0.293 e. The summed E-state index contributed by atoms with van der Waals surface area (Å²) in [5, 5.41) is 3.05. The fraction of sp³-hybridized carbons (Fsp3) is 0.667. The molecule has 0 aromatic carbocycles. The summed E-state index contributed by atoms with van der Waals surface area (Å²) in [4.78, 5) is 16.2. The van der Waals surface area contributed by atoms with E-state index in [0.29, 0.717) is 24.8 Å². The van der Waals surface area contributed by atoms with E-state index in [0.717, 1.165) is 0 Å². The Morgan fingerprint density at radius 2 is 2.18 bits per heavy atom. The van der Waals surface area contributed by atoms with Crippen molar-refractivity contribution in [2.45, 2.75) is 33.2 Å². The van der Waals surface area contributed by atoms with Gasteiger partial charge in [0.1, 0.15) is 0 Å². The van der Waals surface area contributed by atoms with Crippen LogP contribution < -0.4 is 16.6 Å². The first-order valence-corrected chi connectivity index (χ1v) is 5.88. The van der Waals surface area contributed by atoms with E-state index in [1.165, 1.54) is 0 Å². The van der Waals surface area contributed by atoms with Gasteiger partial charge in [0.25, 0.3) is 5.56 Å². The molecule has 0 saturated carbocycles. The highest BCUT2D eigenvalue weighted by atomic mass is 16.1. The van der Waals surface area contributed by atoms with Gasteiger partial charge in [0.05, 0.1) is 0 Å². The Hall–Kier alpha value is -1.36. The SMILES string of the molecule is CC(CN)CNc1nccn(C(C)(C)C)c1=O. The molecule has 0 fully saturated rings. The Balaban J connectivity index is 2.92. The van der Waals surface area contributed by atoms with Crippen LogP contribution in [0.1, 0.15) is 27.7 Å². The number of nitrogens with one attached hydrogen (secondary N) is 1. The molecule has 0 bridgehead atoms. The quantitative estimate of drug-likeness (QED) is 0.821. The van der Waals surface area contributed by atoms with E-state index < -0.39 is 0 Å². The zero-order valence-corrected chi connectivity index (χ0v) is 11.0. The van der Waals surface area contributed by atoms with Gasteiger partial charge in [-0.15, -0.1) is 0 Å². The zero-order valence-electron chi connectivity index (χ0n) is 11.0. The van der Waals surface area contributed by atoms with E-state index in [-0.39, 0.29) is 11.1 Å². The van der Waals surface area contributed by atoms with Gasteiger partial charge in [0.2, 0.25) is 0 Å². The Morgan fingerprint density at radius 3 is 2.71 bits per heavy atom. The molecule has 1 aromatic heterocycles. The van der Waals surface area contributed by atoms with E-state index in [1.54, 1.807) is 17.0 Å². The monoisotopic (exact) mass is 238 g/mol. The summed E-state index contributed by atoms with van der Waals surface area (Å²) < 4.78 is 1.68. The molecule has 17 heavy (non-hydrogen) atoms. The minimum atomic E-state index is -0.240. The third-order valence-electron chi connectivity index (χ3n) is 2.58. The number of hydrogen-bond donors (Lipinski definition) is 2. The molecule has 5 heteroatoms. The molecule has 1 rings (SSSR count). The lowest BCUT2D eigenvalue weighted by Gasteiger charge is -2.22. The highest BCUT2D eigenvalue weighted by molar-refractivity contribution is 5.31. The van der Waals surface area contributed by atoms with E-state index in [2.05, 4.69) is 10.3 Å². The Morgan fingerprint density at radius 1 is 1.53 bits per heavy atom. The van der Waals surface area contributed by atoms with Crippen molar-refractivity contribution in [1.29, 1.82) is 0 Å². The van der Waals surface area contributed by atoms with Crippen LogP contribution in [0, 0.1) is 5.92 Å². The molecule has 1 heterocycles. The zero-order chi connectivity index (χ0) is 13.1. The lowest BCUT2D eigenvalue weighted by Crippen LogP contribution is -2.35. The van der Waals surface area contributed by atoms with Crippen molar-refractivity contribution < 1.29 is 0 Å². The fourth-order valence-corrected chi connectivity index (χ4v) is 1.42. The molecule has 0 aliphatic carbocycles. The maximum absolute atomic E-state index is 12.1. The van der Waals surface area contributed by atoms with Crippen LogP contribution in [-0.4, -0.2) is 22.6 Å². The molecule has 0 spiro atoms. The van der Waals surface area contributed by atoms with Gasteiger partial charge in [-0.2, -0.15) is 0 Å². The first-order chi connectivity index (χ1) is 7.86. The van der Waals surface area contributed by atoms with Crippen LogP contribution in [0.5, 0.6) is 0 Å². The number of rotatable bonds is 4. The minimum Gasteiger partial charge on any atom is -0.365 e. The maximum atomic E-state index is 12.1. The summed E-state index contributed by atoms with van der Waals surface area (Å²) in [6.45, 7) is 9.24. The predicted molar refractivity (Wildman–Crippen MR) is 70.2 cm³/mol. The van der Waals surface area contributed by atoms with Gasteiger partial charge in [-0.05, 0) is 33.2 Å². The normalized spacial score (nSPS) is 13.5. The lowest BCUT2D eigenvalue weighted by molar-refractivity contribution is 0.383. The molecule has 0 amide bonds. The molecule has 5 nitrogen and oxygen atoms in total. The second-order valence-corrected chi connectivity index (χ2v) is 5.34. The van der Waals surface area contributed by atoms with Crippen LogP contribution in [0.4, 0.5) is 5.82 Å². The van der Waals surface area contributed by atoms with Crippen molar-refractivity contribution in [2.75, 3.05) is 18.4 Å². The maximum Gasteiger partial charge on any atom is 0.293 e. The fourth-order valence-electron chi connectivity index (χ4n) is 1.42. The van der Waals surface area contributed by atoms with E-state index in [9.17, 15) is 4.79 Å². The highest BCUT2D eigenvalue weighted by Crippen LogP contribution is 2.10. The van der Waals surface area contributed by atoms with Crippen molar-refractivity contribution in [1.82, 2.24) is 9.55 Å². The van der Waals surface area contributed by atoms with E-state index >= 15 is 0 Å². The number of aromatic nitrogens is 2. The number of nitrogens with zero attached hydrogens (tertiary/aromatic N) is 2. The largest absolute Gasteiger partial charge is 0.365 e. The van der Waals surface area contributed by atoms with Gasteiger partial charge in [-0.25, -0.2) is 4.98 Å². The third-order valence-corrected chi connectivity index (χ3v) is 2.58. The Kier molecular flexibility index (Phi) is 4.28. The molecule has 1 aromatic rings. The number of anilines is 1. The van der Waals surface area contributed by atoms with Crippen molar-refractivity contribution >= 4 is 5.82 Å². The second kappa shape index (κ2) is 5.31. The molecular weight excluding hydrogens is 216 g/mol. The molecule has 1 atom stereocenters. The van der Waals surface area contributed by atoms with Crippen molar-refractivity contribution in [2.24, 2.45) is 11.7 Å². The highest BCUT2D eigenvalue weighted by Gasteiger charge is 2.16. The molecule has 1 unspecified atom stereocenters. The summed E-state index contributed by atoms with van der Waals surface area (Å²) in [7, 11) is 0. The summed E-state index contributed by atoms with van der Waals surface area (Å²) >= 11 is 0. The minimum absolute atomic E-state index is 0.0933. The van der Waals surface area contributed by atoms with Crippen LogP contribution in [0.25, 0.3) is 0 Å². The molecule has 3 N–H and O–H groups in total. The van der Waals surface area contributed by atoms with Gasteiger partial charge >= 0.3 is 0 Å². The topological polar surface area (TPSA) is 72.9 Å². The molecule has 0 aliphatic heterocycles. The number of hydrogen-bond acceptors (Lipinski definition) is 4. The summed E-state index contributed by atoms with van der Waals surface area (Å²) in [5.41, 5.74) is 5.20. The van der Waals surface area contributed by atoms with Crippen LogP contribution in [0.3, 0.4) is 0 Å². The van der Waals surface area contributed by atoms with Gasteiger partial charge in [-0.1, -0.05) is 6.92 Å². The average molecular weight is 238 g/mol. The van der Waals surface area contributed by atoms with E-state index in [1.807, 2.05) is 27.7 Å². The van der Waals surface area contributed by atoms with Crippen molar-refractivity contribution in [3.05, 3.63) is 22.7 Å². The first-order valence-electron chi connectivity index (χ1n) is 5.88. The summed E-state index contributed by atoms with van der Waals surface area (Å²) in [6, 6.07) is 0. The summed E-state index contributed by atoms with van der Waals surface area (Å²) in [5.74, 6) is 0.710. The molecular formula is C12H22N4O. The average Bonchev–Trinajstić information content (AvgIpc) is 2.25. The van der Waals surface area contributed by atoms with Crippen LogP contribution in [-0.2, 0) is 5.54 Å². The van der Waals surface area contributed by atoms with Crippen LogP contribution in [0.15, 0.2) is 17.2 Å². The molecule has 96 valence electrons. The molecule has 0 saturated heterocycles. The second-order valence-electron chi connectivity index (χ2n) is 5.34. The van der Waals surface area contributed by atoms with Crippen molar-refractivity contribution in [3.8, 4) is 0 Å².